The van der Waals surface area contributed by atoms with Crippen LogP contribution in [0.5, 0.6) is 0 Å². The summed E-state index contributed by atoms with van der Waals surface area (Å²) in [7, 11) is -11.5. The normalized spacial score (nSPS) is 19.7. The average Bonchev–Trinajstić information content (AvgIpc) is 2.98. The number of benzene rings is 2. The number of halogens is 1. The SMILES string of the molecule is O=S1(=O)CCC(S(=O)(=O)c2cccc(S(=O)(=O)Nc3ccc(F)cc3)c2)C1. The van der Waals surface area contributed by atoms with E-state index >= 15 is 0 Å². The number of sulfone groups is 2. The molecular weight excluding hydrogens is 417 g/mol. The van der Waals surface area contributed by atoms with Crippen LogP contribution >= 0.6 is 0 Å². The molecule has 3 rings (SSSR count). The zero-order chi connectivity index (χ0) is 19.9. The van der Waals surface area contributed by atoms with Gasteiger partial charge in [-0.2, -0.15) is 0 Å². The highest BCUT2D eigenvalue weighted by Gasteiger charge is 2.38. The highest BCUT2D eigenvalue weighted by atomic mass is 32.2. The summed E-state index contributed by atoms with van der Waals surface area (Å²) in [6, 6.07) is 9.35. The zero-order valence-corrected chi connectivity index (χ0v) is 16.3. The lowest BCUT2D eigenvalue weighted by atomic mass is 10.3. The van der Waals surface area contributed by atoms with Crippen LogP contribution in [-0.2, 0) is 29.7 Å². The predicted molar refractivity (Wildman–Crippen MR) is 97.9 cm³/mol. The summed E-state index contributed by atoms with van der Waals surface area (Å²) in [4.78, 5) is -0.555. The minimum absolute atomic E-state index is 0.0184. The summed E-state index contributed by atoms with van der Waals surface area (Å²) in [5.74, 6) is -1.21. The van der Waals surface area contributed by atoms with E-state index < -0.39 is 46.5 Å². The Morgan fingerprint density at radius 3 is 2.19 bits per heavy atom. The lowest BCUT2D eigenvalue weighted by Gasteiger charge is -2.12. The van der Waals surface area contributed by atoms with Crippen molar-refractivity contribution in [1.82, 2.24) is 0 Å². The Bertz CT molecular complexity index is 1170. The lowest BCUT2D eigenvalue weighted by Crippen LogP contribution is -2.23. The second kappa shape index (κ2) is 6.88. The maximum Gasteiger partial charge on any atom is 0.261 e. The number of sulfonamides is 1. The van der Waals surface area contributed by atoms with Gasteiger partial charge in [0.1, 0.15) is 5.82 Å². The van der Waals surface area contributed by atoms with Gasteiger partial charge in [0, 0.05) is 5.69 Å². The van der Waals surface area contributed by atoms with E-state index in [0.29, 0.717) is 0 Å². The van der Waals surface area contributed by atoms with Crippen molar-refractivity contribution in [3.63, 3.8) is 0 Å². The third kappa shape index (κ3) is 4.30. The second-order valence-corrected chi connectivity index (χ2v) is 12.3. The molecule has 0 spiro atoms. The van der Waals surface area contributed by atoms with Gasteiger partial charge >= 0.3 is 0 Å². The number of nitrogens with one attached hydrogen (secondary N) is 1. The van der Waals surface area contributed by atoms with Crippen LogP contribution in [0, 0.1) is 5.82 Å². The van der Waals surface area contributed by atoms with E-state index in [2.05, 4.69) is 4.72 Å². The van der Waals surface area contributed by atoms with Crippen molar-refractivity contribution < 1.29 is 29.6 Å². The quantitative estimate of drug-likeness (QED) is 0.766. The molecule has 1 aliphatic heterocycles. The predicted octanol–water partition coefficient (Wildman–Crippen LogP) is 1.59. The van der Waals surface area contributed by atoms with Gasteiger partial charge in [-0.15, -0.1) is 0 Å². The van der Waals surface area contributed by atoms with E-state index in [-0.39, 0.29) is 27.7 Å². The van der Waals surface area contributed by atoms with Crippen molar-refractivity contribution in [1.29, 1.82) is 0 Å². The van der Waals surface area contributed by atoms with Crippen LogP contribution in [0.4, 0.5) is 10.1 Å². The molecule has 11 heteroatoms. The van der Waals surface area contributed by atoms with E-state index in [1.807, 2.05) is 0 Å². The van der Waals surface area contributed by atoms with E-state index in [0.717, 1.165) is 18.2 Å². The van der Waals surface area contributed by atoms with Gasteiger partial charge in [-0.1, -0.05) is 6.07 Å². The molecule has 0 radical (unpaired) electrons. The average molecular weight is 434 g/mol. The Labute approximate surface area is 157 Å². The molecule has 27 heavy (non-hydrogen) atoms. The Morgan fingerprint density at radius 1 is 0.963 bits per heavy atom. The molecule has 0 aromatic heterocycles. The molecule has 2 aromatic carbocycles. The summed E-state index contributed by atoms with van der Waals surface area (Å²) < 4.78 is 88.7. The minimum atomic E-state index is -4.11. The Morgan fingerprint density at radius 2 is 1.59 bits per heavy atom. The highest BCUT2D eigenvalue weighted by Crippen LogP contribution is 2.27. The smallest absolute Gasteiger partial charge is 0.261 e. The summed E-state index contributed by atoms with van der Waals surface area (Å²) in [6.45, 7) is 0. The molecule has 0 bridgehead atoms. The minimum Gasteiger partial charge on any atom is -0.280 e. The van der Waals surface area contributed by atoms with E-state index in [9.17, 15) is 29.6 Å². The molecular formula is C16H16FNO6S3. The summed E-state index contributed by atoms with van der Waals surface area (Å²) in [6.07, 6.45) is -0.0184. The third-order valence-corrected chi connectivity index (χ3v) is 9.72. The Balaban J connectivity index is 1.92. The molecule has 0 aliphatic carbocycles. The molecule has 1 atom stereocenters. The van der Waals surface area contributed by atoms with E-state index in [1.54, 1.807) is 0 Å². The molecule has 2 aromatic rings. The molecule has 0 amide bonds. The summed E-state index contributed by atoms with van der Waals surface area (Å²) >= 11 is 0. The van der Waals surface area contributed by atoms with Gasteiger partial charge in [-0.05, 0) is 48.9 Å². The molecule has 1 fully saturated rings. The third-order valence-electron chi connectivity index (χ3n) is 4.17. The van der Waals surface area contributed by atoms with Gasteiger partial charge in [0.2, 0.25) is 0 Å². The lowest BCUT2D eigenvalue weighted by molar-refractivity contribution is 0.582. The van der Waals surface area contributed by atoms with Gasteiger partial charge in [0.05, 0.1) is 26.5 Å². The molecule has 1 unspecified atom stereocenters. The maximum absolute atomic E-state index is 12.9. The van der Waals surface area contributed by atoms with Crippen molar-refractivity contribution in [2.24, 2.45) is 0 Å². The fourth-order valence-electron chi connectivity index (χ4n) is 2.75. The summed E-state index contributed by atoms with van der Waals surface area (Å²) in [5, 5.41) is -1.09. The molecule has 1 heterocycles. The van der Waals surface area contributed by atoms with Crippen molar-refractivity contribution >= 4 is 35.4 Å². The topological polar surface area (TPSA) is 114 Å². The van der Waals surface area contributed by atoms with Crippen LogP contribution in [0.25, 0.3) is 0 Å². The summed E-state index contributed by atoms with van der Waals surface area (Å²) in [5.41, 5.74) is 0.117. The first-order chi connectivity index (χ1) is 12.5. The first-order valence-electron chi connectivity index (χ1n) is 7.82. The van der Waals surface area contributed by atoms with Crippen LogP contribution in [-0.4, -0.2) is 42.0 Å². The molecule has 1 saturated heterocycles. The van der Waals surface area contributed by atoms with E-state index in [1.165, 1.54) is 30.3 Å². The van der Waals surface area contributed by atoms with Gasteiger partial charge in [-0.3, -0.25) is 4.72 Å². The van der Waals surface area contributed by atoms with Crippen LogP contribution in [0.2, 0.25) is 0 Å². The second-order valence-electron chi connectivity index (χ2n) is 6.16. The monoisotopic (exact) mass is 433 g/mol. The van der Waals surface area contributed by atoms with Gasteiger partial charge in [-0.25, -0.2) is 29.6 Å². The van der Waals surface area contributed by atoms with Crippen molar-refractivity contribution in [3.05, 3.63) is 54.3 Å². The molecule has 146 valence electrons. The maximum atomic E-state index is 12.9. The zero-order valence-electron chi connectivity index (χ0n) is 13.9. The first kappa shape index (κ1) is 19.8. The standard InChI is InChI=1S/C16H16FNO6S3/c17-12-4-6-13(7-5-12)18-27(23,24)15-3-1-2-14(10-15)26(21,22)16-8-9-25(19,20)11-16/h1-7,10,16,18H,8-9,11H2. The number of hydrogen-bond donors (Lipinski definition) is 1. The van der Waals surface area contributed by atoms with Crippen molar-refractivity contribution in [3.8, 4) is 0 Å². The first-order valence-corrected chi connectivity index (χ1v) is 12.7. The largest absolute Gasteiger partial charge is 0.280 e. The van der Waals surface area contributed by atoms with Crippen LogP contribution < -0.4 is 4.72 Å². The fraction of sp³-hybridized carbons (Fsp3) is 0.250. The van der Waals surface area contributed by atoms with Crippen LogP contribution in [0.15, 0.2) is 58.3 Å². The number of rotatable bonds is 5. The molecule has 1 aliphatic rings. The Hall–Kier alpha value is -1.98. The van der Waals surface area contributed by atoms with Gasteiger partial charge in [0.15, 0.2) is 19.7 Å². The van der Waals surface area contributed by atoms with Crippen LogP contribution in [0.3, 0.4) is 0 Å². The van der Waals surface area contributed by atoms with Gasteiger partial charge < -0.3 is 0 Å². The van der Waals surface area contributed by atoms with E-state index in [4.69, 9.17) is 0 Å². The highest BCUT2D eigenvalue weighted by molar-refractivity contribution is 7.96. The number of hydrogen-bond acceptors (Lipinski definition) is 6. The van der Waals surface area contributed by atoms with Crippen molar-refractivity contribution in [2.75, 3.05) is 16.2 Å². The Kier molecular flexibility index (Phi) is 5.04. The number of anilines is 1. The molecule has 1 N–H and O–H groups in total. The van der Waals surface area contributed by atoms with Crippen LogP contribution in [0.1, 0.15) is 6.42 Å². The molecule has 7 nitrogen and oxygen atoms in total. The fourth-order valence-corrected chi connectivity index (χ4v) is 8.33. The molecule has 0 saturated carbocycles. The van der Waals surface area contributed by atoms with Crippen molar-refractivity contribution in [2.45, 2.75) is 21.5 Å². The van der Waals surface area contributed by atoms with Gasteiger partial charge in [0.25, 0.3) is 10.0 Å².